The molecular weight excluding hydrogens is 274 g/mol. The molecule has 1 aliphatic rings. The van der Waals surface area contributed by atoms with Crippen LogP contribution in [0.15, 0.2) is 54.9 Å². The summed E-state index contributed by atoms with van der Waals surface area (Å²) in [4.78, 5) is 12.1. The number of benzene rings is 1. The standard InChI is InChI=1S/C18H21N3O/c1-14(20-18(22)16-9-5-6-10-16)17-11-19-21(13-17)12-15-7-3-2-4-8-15/h2-8,11,13-14,16H,9-10,12H2,1H3,(H,20,22)/t14-/m1/s1. The first-order valence-corrected chi connectivity index (χ1v) is 7.74. The highest BCUT2D eigenvalue weighted by Crippen LogP contribution is 2.20. The largest absolute Gasteiger partial charge is 0.349 e. The summed E-state index contributed by atoms with van der Waals surface area (Å²) in [6.45, 7) is 2.75. The second kappa shape index (κ2) is 6.60. The molecule has 2 aromatic rings. The van der Waals surface area contributed by atoms with E-state index in [1.54, 1.807) is 0 Å². The molecule has 4 heteroatoms. The molecule has 4 nitrogen and oxygen atoms in total. The molecule has 3 rings (SSSR count). The fraction of sp³-hybridized carbons (Fsp3) is 0.333. The summed E-state index contributed by atoms with van der Waals surface area (Å²) in [5.74, 6) is 0.232. The Labute approximate surface area is 130 Å². The summed E-state index contributed by atoms with van der Waals surface area (Å²) in [5.41, 5.74) is 2.25. The Morgan fingerprint density at radius 1 is 1.32 bits per heavy atom. The summed E-state index contributed by atoms with van der Waals surface area (Å²) in [6.07, 6.45) is 9.70. The van der Waals surface area contributed by atoms with Crippen LogP contribution in [0.4, 0.5) is 0 Å². The van der Waals surface area contributed by atoms with Gasteiger partial charge in [-0.1, -0.05) is 42.5 Å². The molecule has 1 heterocycles. The Bertz CT molecular complexity index is 652. The van der Waals surface area contributed by atoms with Gasteiger partial charge in [-0.05, 0) is 25.3 Å². The van der Waals surface area contributed by atoms with E-state index in [1.165, 1.54) is 5.56 Å². The fourth-order valence-electron chi connectivity index (χ4n) is 2.71. The van der Waals surface area contributed by atoms with Crippen molar-refractivity contribution in [2.24, 2.45) is 5.92 Å². The predicted octanol–water partition coefficient (Wildman–Crippen LogP) is 3.07. The summed E-state index contributed by atoms with van der Waals surface area (Å²) >= 11 is 0. The van der Waals surface area contributed by atoms with Crippen LogP contribution in [-0.2, 0) is 11.3 Å². The van der Waals surface area contributed by atoms with Crippen LogP contribution in [0.1, 0.15) is 36.9 Å². The Morgan fingerprint density at radius 2 is 2.05 bits per heavy atom. The van der Waals surface area contributed by atoms with E-state index >= 15 is 0 Å². The number of aromatic nitrogens is 2. The fourth-order valence-corrected chi connectivity index (χ4v) is 2.71. The molecule has 1 N–H and O–H groups in total. The number of rotatable bonds is 5. The molecule has 1 aromatic carbocycles. The molecule has 0 aliphatic heterocycles. The van der Waals surface area contributed by atoms with E-state index < -0.39 is 0 Å². The van der Waals surface area contributed by atoms with Crippen LogP contribution in [0.5, 0.6) is 0 Å². The number of hydrogen-bond donors (Lipinski definition) is 1. The van der Waals surface area contributed by atoms with Gasteiger partial charge in [-0.2, -0.15) is 5.10 Å². The topological polar surface area (TPSA) is 46.9 Å². The third kappa shape index (κ3) is 3.45. The second-order valence-electron chi connectivity index (χ2n) is 5.83. The molecule has 0 bridgehead atoms. The minimum absolute atomic E-state index is 0.0161. The number of nitrogens with zero attached hydrogens (tertiary/aromatic N) is 2. The van der Waals surface area contributed by atoms with Gasteiger partial charge in [-0.15, -0.1) is 0 Å². The molecular formula is C18H21N3O. The second-order valence-corrected chi connectivity index (χ2v) is 5.83. The number of carbonyl (C=O) groups is 1. The number of hydrogen-bond acceptors (Lipinski definition) is 2. The molecule has 114 valence electrons. The number of allylic oxidation sites excluding steroid dienone is 2. The van der Waals surface area contributed by atoms with E-state index in [2.05, 4.69) is 34.7 Å². The predicted molar refractivity (Wildman–Crippen MR) is 86.2 cm³/mol. The van der Waals surface area contributed by atoms with Crippen molar-refractivity contribution >= 4 is 5.91 Å². The quantitative estimate of drug-likeness (QED) is 0.862. The maximum Gasteiger partial charge on any atom is 0.224 e. The molecule has 0 fully saturated rings. The highest BCUT2D eigenvalue weighted by Gasteiger charge is 2.21. The van der Waals surface area contributed by atoms with Crippen molar-refractivity contribution in [3.8, 4) is 0 Å². The van der Waals surface area contributed by atoms with Crippen molar-refractivity contribution in [2.45, 2.75) is 32.4 Å². The highest BCUT2D eigenvalue weighted by molar-refractivity contribution is 5.79. The van der Waals surface area contributed by atoms with Gasteiger partial charge >= 0.3 is 0 Å². The SMILES string of the molecule is C[C@@H](NC(=O)C1CC=CC1)c1cnn(Cc2ccccc2)c1. The van der Waals surface area contributed by atoms with Gasteiger partial charge in [0.2, 0.25) is 5.91 Å². The van der Waals surface area contributed by atoms with Crippen LogP contribution in [0.2, 0.25) is 0 Å². The lowest BCUT2D eigenvalue weighted by Gasteiger charge is -2.15. The van der Waals surface area contributed by atoms with E-state index in [1.807, 2.05) is 42.2 Å². The smallest absolute Gasteiger partial charge is 0.224 e. The van der Waals surface area contributed by atoms with Crippen molar-refractivity contribution in [1.29, 1.82) is 0 Å². The van der Waals surface area contributed by atoms with E-state index in [9.17, 15) is 4.79 Å². The van der Waals surface area contributed by atoms with Gasteiger partial charge in [0.15, 0.2) is 0 Å². The number of carbonyl (C=O) groups excluding carboxylic acids is 1. The molecule has 0 unspecified atom stereocenters. The summed E-state index contributed by atoms with van der Waals surface area (Å²) in [7, 11) is 0. The van der Waals surface area contributed by atoms with Crippen molar-refractivity contribution in [1.82, 2.24) is 15.1 Å². The van der Waals surface area contributed by atoms with Crippen molar-refractivity contribution in [2.75, 3.05) is 0 Å². The van der Waals surface area contributed by atoms with E-state index in [0.717, 1.165) is 24.9 Å². The van der Waals surface area contributed by atoms with Crippen LogP contribution >= 0.6 is 0 Å². The zero-order valence-electron chi connectivity index (χ0n) is 12.8. The molecule has 1 aromatic heterocycles. The van der Waals surface area contributed by atoms with Gasteiger partial charge in [0, 0.05) is 17.7 Å². The number of nitrogens with one attached hydrogen (secondary N) is 1. The maximum absolute atomic E-state index is 12.1. The monoisotopic (exact) mass is 295 g/mol. The zero-order chi connectivity index (χ0) is 15.4. The highest BCUT2D eigenvalue weighted by atomic mass is 16.1. The Hall–Kier alpha value is -2.36. The Balaban J connectivity index is 1.59. The maximum atomic E-state index is 12.1. The Morgan fingerprint density at radius 3 is 2.77 bits per heavy atom. The Kier molecular flexibility index (Phi) is 4.37. The molecule has 0 radical (unpaired) electrons. The van der Waals surface area contributed by atoms with Gasteiger partial charge in [0.25, 0.3) is 0 Å². The molecule has 0 spiro atoms. The van der Waals surface area contributed by atoms with Gasteiger partial charge in [0.05, 0.1) is 18.8 Å². The molecule has 1 atom stereocenters. The molecule has 0 saturated heterocycles. The van der Waals surface area contributed by atoms with Crippen molar-refractivity contribution in [3.63, 3.8) is 0 Å². The third-order valence-electron chi connectivity index (χ3n) is 4.08. The first kappa shape index (κ1) is 14.6. The van der Waals surface area contributed by atoms with Gasteiger partial charge in [-0.25, -0.2) is 0 Å². The lowest BCUT2D eigenvalue weighted by molar-refractivity contribution is -0.125. The van der Waals surface area contributed by atoms with Crippen LogP contribution in [0.25, 0.3) is 0 Å². The normalized spacial score (nSPS) is 15.9. The van der Waals surface area contributed by atoms with E-state index in [4.69, 9.17) is 0 Å². The average Bonchev–Trinajstić information content (AvgIpc) is 3.19. The van der Waals surface area contributed by atoms with Crippen molar-refractivity contribution in [3.05, 3.63) is 66.0 Å². The molecule has 1 amide bonds. The molecule has 0 saturated carbocycles. The van der Waals surface area contributed by atoms with Crippen LogP contribution < -0.4 is 5.32 Å². The third-order valence-corrected chi connectivity index (χ3v) is 4.08. The van der Waals surface area contributed by atoms with Gasteiger partial charge in [-0.3, -0.25) is 9.48 Å². The summed E-state index contributed by atoms with van der Waals surface area (Å²) in [5, 5.41) is 7.47. The van der Waals surface area contributed by atoms with Gasteiger partial charge in [0.1, 0.15) is 0 Å². The number of amides is 1. The van der Waals surface area contributed by atoms with Gasteiger partial charge < -0.3 is 5.32 Å². The van der Waals surface area contributed by atoms with Crippen LogP contribution in [-0.4, -0.2) is 15.7 Å². The van der Waals surface area contributed by atoms with Crippen molar-refractivity contribution < 1.29 is 4.79 Å². The van der Waals surface area contributed by atoms with E-state index in [-0.39, 0.29) is 17.9 Å². The minimum Gasteiger partial charge on any atom is -0.349 e. The van der Waals surface area contributed by atoms with Crippen LogP contribution in [0.3, 0.4) is 0 Å². The first-order chi connectivity index (χ1) is 10.7. The van der Waals surface area contributed by atoms with E-state index in [0.29, 0.717) is 0 Å². The molecule has 1 aliphatic carbocycles. The first-order valence-electron chi connectivity index (χ1n) is 7.74. The average molecular weight is 295 g/mol. The van der Waals surface area contributed by atoms with Crippen LogP contribution in [0, 0.1) is 5.92 Å². The lowest BCUT2D eigenvalue weighted by atomic mass is 10.1. The summed E-state index contributed by atoms with van der Waals surface area (Å²) < 4.78 is 1.91. The molecule has 22 heavy (non-hydrogen) atoms. The summed E-state index contributed by atoms with van der Waals surface area (Å²) in [6, 6.07) is 10.2. The lowest BCUT2D eigenvalue weighted by Crippen LogP contribution is -2.31. The zero-order valence-corrected chi connectivity index (χ0v) is 12.8. The minimum atomic E-state index is -0.0161.